The minimum atomic E-state index is 0.194. The second kappa shape index (κ2) is 2.04. The highest BCUT2D eigenvalue weighted by Gasteiger charge is 2.10. The molecule has 0 unspecified atom stereocenters. The van der Waals surface area contributed by atoms with Gasteiger partial charge in [-0.2, -0.15) is 0 Å². The van der Waals surface area contributed by atoms with Crippen molar-refractivity contribution < 1.29 is 4.79 Å². The van der Waals surface area contributed by atoms with Crippen molar-refractivity contribution in [3.63, 3.8) is 0 Å². The van der Waals surface area contributed by atoms with Crippen LogP contribution in [0.15, 0.2) is 0 Å². The summed E-state index contributed by atoms with van der Waals surface area (Å²) < 4.78 is 0. The van der Waals surface area contributed by atoms with Gasteiger partial charge in [0.05, 0.1) is 0 Å². The zero-order chi connectivity index (χ0) is 5.11. The summed E-state index contributed by atoms with van der Waals surface area (Å²) in [6.07, 6.45) is 0.965. The molecule has 0 bridgehead atoms. The molecule has 2 N–H and O–H groups in total. The van der Waals surface area contributed by atoms with E-state index >= 15 is 0 Å². The first-order chi connectivity index (χ1) is 3.43. The summed E-state index contributed by atoms with van der Waals surface area (Å²) in [5.41, 5.74) is 5.68. The second-order valence-corrected chi connectivity index (χ2v) is 1.66. The summed E-state index contributed by atoms with van der Waals surface area (Å²) in [5.74, 6) is 0.194. The van der Waals surface area contributed by atoms with Crippen molar-refractivity contribution in [3.05, 3.63) is 0 Å². The molecule has 3 nitrogen and oxygen atoms in total. The third-order valence-corrected chi connectivity index (χ3v) is 1.05. The van der Waals surface area contributed by atoms with Gasteiger partial charge in [-0.05, 0) is 0 Å². The zero-order valence-corrected chi connectivity index (χ0v) is 3.98. The molecule has 1 aliphatic heterocycles. The minimum Gasteiger partial charge on any atom is -0.303 e. The third kappa shape index (κ3) is 0.976. The van der Waals surface area contributed by atoms with Crippen molar-refractivity contribution in [2.24, 2.45) is 5.92 Å². The number of carbonyl (C=O) groups is 1. The number of hydrazine groups is 1. The van der Waals surface area contributed by atoms with Crippen LogP contribution in [-0.2, 0) is 4.79 Å². The average Bonchev–Trinajstić information content (AvgIpc) is 2.14. The number of rotatable bonds is 1. The van der Waals surface area contributed by atoms with E-state index < -0.39 is 0 Å². The van der Waals surface area contributed by atoms with Crippen LogP contribution in [0.3, 0.4) is 0 Å². The Labute approximate surface area is 42.1 Å². The lowest BCUT2D eigenvalue weighted by molar-refractivity contribution is -0.110. The highest BCUT2D eigenvalue weighted by Crippen LogP contribution is 1.89. The molecule has 0 amide bonds. The molecule has 1 saturated heterocycles. The molecule has 1 fully saturated rings. The second-order valence-electron chi connectivity index (χ2n) is 1.66. The Balaban J connectivity index is 2.26. The lowest BCUT2D eigenvalue weighted by Crippen LogP contribution is -2.21. The molecule has 0 saturated carbocycles. The topological polar surface area (TPSA) is 41.1 Å². The summed E-state index contributed by atoms with van der Waals surface area (Å²) >= 11 is 0. The number of hydrogen-bond acceptors (Lipinski definition) is 3. The molecular formula is C4H8N2O. The Bertz CT molecular complexity index is 68.1. The number of carbonyl (C=O) groups excluding carboxylic acids is 1. The van der Waals surface area contributed by atoms with Gasteiger partial charge < -0.3 is 4.79 Å². The normalized spacial score (nSPS) is 22.9. The first-order valence-electron chi connectivity index (χ1n) is 2.34. The van der Waals surface area contributed by atoms with Crippen LogP contribution >= 0.6 is 0 Å². The lowest BCUT2D eigenvalue weighted by Gasteiger charge is -1.87. The van der Waals surface area contributed by atoms with E-state index in [0.29, 0.717) is 0 Å². The average molecular weight is 100 g/mol. The van der Waals surface area contributed by atoms with Crippen molar-refractivity contribution in [1.29, 1.82) is 0 Å². The maximum Gasteiger partial charge on any atom is 0.125 e. The smallest absolute Gasteiger partial charge is 0.125 e. The van der Waals surface area contributed by atoms with Crippen molar-refractivity contribution in [2.75, 3.05) is 13.1 Å². The van der Waals surface area contributed by atoms with E-state index in [2.05, 4.69) is 10.9 Å². The van der Waals surface area contributed by atoms with Gasteiger partial charge >= 0.3 is 0 Å². The van der Waals surface area contributed by atoms with Crippen LogP contribution in [0.4, 0.5) is 0 Å². The molecule has 0 aromatic rings. The number of aldehydes is 1. The van der Waals surface area contributed by atoms with E-state index in [1.807, 2.05) is 0 Å². The molecular weight excluding hydrogens is 92.1 g/mol. The Morgan fingerprint density at radius 3 is 2.29 bits per heavy atom. The predicted molar refractivity (Wildman–Crippen MR) is 25.6 cm³/mol. The fourth-order valence-electron chi connectivity index (χ4n) is 0.575. The molecule has 0 aromatic carbocycles. The zero-order valence-electron chi connectivity index (χ0n) is 3.98. The highest BCUT2D eigenvalue weighted by molar-refractivity contribution is 5.54. The van der Waals surface area contributed by atoms with Gasteiger partial charge in [0.1, 0.15) is 6.29 Å². The van der Waals surface area contributed by atoms with Crippen LogP contribution in [0.2, 0.25) is 0 Å². The molecule has 40 valence electrons. The first-order valence-corrected chi connectivity index (χ1v) is 2.34. The highest BCUT2D eigenvalue weighted by atomic mass is 16.1. The molecule has 0 aromatic heterocycles. The molecule has 7 heavy (non-hydrogen) atoms. The van der Waals surface area contributed by atoms with E-state index in [1.54, 1.807) is 0 Å². The summed E-state index contributed by atoms with van der Waals surface area (Å²) in [4.78, 5) is 9.93. The Hall–Kier alpha value is -0.410. The van der Waals surface area contributed by atoms with Crippen molar-refractivity contribution >= 4 is 6.29 Å². The van der Waals surface area contributed by atoms with E-state index in [0.717, 1.165) is 19.4 Å². The van der Waals surface area contributed by atoms with Gasteiger partial charge in [0.2, 0.25) is 0 Å². The largest absolute Gasteiger partial charge is 0.303 e. The van der Waals surface area contributed by atoms with Crippen LogP contribution in [0.5, 0.6) is 0 Å². The summed E-state index contributed by atoms with van der Waals surface area (Å²) in [6.45, 7) is 1.56. The molecule has 0 radical (unpaired) electrons. The van der Waals surface area contributed by atoms with Gasteiger partial charge in [-0.3, -0.25) is 10.9 Å². The number of nitrogens with one attached hydrogen (secondary N) is 2. The fourth-order valence-corrected chi connectivity index (χ4v) is 0.575. The number of hydrogen-bond donors (Lipinski definition) is 2. The van der Waals surface area contributed by atoms with E-state index in [1.165, 1.54) is 0 Å². The third-order valence-electron chi connectivity index (χ3n) is 1.05. The fraction of sp³-hybridized carbons (Fsp3) is 0.750. The minimum absolute atomic E-state index is 0.194. The molecule has 0 atom stereocenters. The maximum absolute atomic E-state index is 9.93. The van der Waals surface area contributed by atoms with Gasteiger partial charge in [0.25, 0.3) is 0 Å². The summed E-state index contributed by atoms with van der Waals surface area (Å²) in [7, 11) is 0. The predicted octanol–water partition coefficient (Wildman–Crippen LogP) is -1.09. The van der Waals surface area contributed by atoms with Crippen molar-refractivity contribution in [3.8, 4) is 0 Å². The van der Waals surface area contributed by atoms with Crippen molar-refractivity contribution in [1.82, 2.24) is 10.9 Å². The lowest BCUT2D eigenvalue weighted by atomic mass is 10.2. The van der Waals surface area contributed by atoms with E-state index in [-0.39, 0.29) is 5.92 Å². The van der Waals surface area contributed by atoms with Gasteiger partial charge in [0.15, 0.2) is 0 Å². The maximum atomic E-state index is 9.93. The van der Waals surface area contributed by atoms with Crippen molar-refractivity contribution in [2.45, 2.75) is 0 Å². The molecule has 3 heteroatoms. The summed E-state index contributed by atoms with van der Waals surface area (Å²) in [6, 6.07) is 0. The van der Waals surface area contributed by atoms with E-state index in [4.69, 9.17) is 0 Å². The van der Waals surface area contributed by atoms with Gasteiger partial charge in [-0.15, -0.1) is 0 Å². The molecule has 1 aliphatic rings. The van der Waals surface area contributed by atoms with Gasteiger partial charge in [-0.25, -0.2) is 0 Å². The van der Waals surface area contributed by atoms with Crippen LogP contribution in [-0.4, -0.2) is 19.4 Å². The first kappa shape index (κ1) is 4.74. The van der Waals surface area contributed by atoms with Crippen LogP contribution in [0.1, 0.15) is 0 Å². The van der Waals surface area contributed by atoms with Crippen LogP contribution < -0.4 is 10.9 Å². The Morgan fingerprint density at radius 2 is 2.00 bits per heavy atom. The van der Waals surface area contributed by atoms with Gasteiger partial charge in [-0.1, -0.05) is 0 Å². The van der Waals surface area contributed by atoms with Gasteiger partial charge in [0, 0.05) is 19.0 Å². The van der Waals surface area contributed by atoms with Crippen LogP contribution in [0, 0.1) is 5.92 Å². The molecule has 1 heterocycles. The molecule has 0 spiro atoms. The Morgan fingerprint density at radius 1 is 1.43 bits per heavy atom. The standard InChI is InChI=1S/C4H8N2O/c7-3-4-1-5-6-2-4/h3-6H,1-2H2. The summed E-state index contributed by atoms with van der Waals surface area (Å²) in [5, 5.41) is 0. The quantitative estimate of drug-likeness (QED) is 0.411. The SMILES string of the molecule is O=CC1CNNC1. The molecule has 0 aliphatic carbocycles. The van der Waals surface area contributed by atoms with E-state index in [9.17, 15) is 4.79 Å². The monoisotopic (exact) mass is 100 g/mol. The van der Waals surface area contributed by atoms with Crippen LogP contribution in [0.25, 0.3) is 0 Å². The molecule has 1 rings (SSSR count). The Kier molecular flexibility index (Phi) is 1.38.